The van der Waals surface area contributed by atoms with Gasteiger partial charge in [-0.1, -0.05) is 31.0 Å². The Kier molecular flexibility index (Phi) is 4.65. The number of para-hydroxylation sites is 1. The molecule has 1 aromatic carbocycles. The van der Waals surface area contributed by atoms with Gasteiger partial charge in [-0.25, -0.2) is 0 Å². The van der Waals surface area contributed by atoms with Gasteiger partial charge in [0.2, 0.25) is 0 Å². The van der Waals surface area contributed by atoms with Crippen LogP contribution in [0.2, 0.25) is 0 Å². The maximum Gasteiger partial charge on any atom is 0.311 e. The summed E-state index contributed by atoms with van der Waals surface area (Å²) >= 11 is 0. The second kappa shape index (κ2) is 6.86. The topological polar surface area (TPSA) is 71.2 Å². The predicted octanol–water partition coefficient (Wildman–Crippen LogP) is 2.70. The zero-order chi connectivity index (χ0) is 16.2. The van der Waals surface area contributed by atoms with Gasteiger partial charge in [0.1, 0.15) is 0 Å². The van der Waals surface area contributed by atoms with Crippen molar-refractivity contribution in [2.45, 2.75) is 51.2 Å². The van der Waals surface area contributed by atoms with Crippen molar-refractivity contribution < 1.29 is 14.3 Å². The van der Waals surface area contributed by atoms with Crippen LogP contribution >= 0.6 is 0 Å². The molecular weight excluding hydrogens is 292 g/mol. The average molecular weight is 314 g/mol. The van der Waals surface area contributed by atoms with Crippen LogP contribution in [0, 0.1) is 0 Å². The summed E-state index contributed by atoms with van der Waals surface area (Å²) in [5, 5.41) is 3.96. The van der Waals surface area contributed by atoms with Gasteiger partial charge in [0.25, 0.3) is 5.91 Å². The van der Waals surface area contributed by atoms with Crippen LogP contribution in [0.4, 0.5) is 0 Å². The number of rotatable bonds is 5. The number of hydrogen-bond acceptors (Lipinski definition) is 3. The molecule has 0 aliphatic heterocycles. The second-order valence-corrected chi connectivity index (χ2v) is 6.16. The summed E-state index contributed by atoms with van der Waals surface area (Å²) in [6.45, 7) is 1.62. The molecule has 1 fully saturated rings. The first-order chi connectivity index (χ1) is 11.1. The Morgan fingerprint density at radius 1 is 1.30 bits per heavy atom. The first-order valence-electron chi connectivity index (χ1n) is 8.18. The van der Waals surface area contributed by atoms with E-state index in [1.54, 1.807) is 6.92 Å². The lowest BCUT2D eigenvalue weighted by atomic mass is 10.1. The summed E-state index contributed by atoms with van der Waals surface area (Å²) in [6.07, 6.45) is 5.55. The molecule has 5 nitrogen and oxygen atoms in total. The lowest BCUT2D eigenvalue weighted by Gasteiger charge is -2.17. The van der Waals surface area contributed by atoms with Gasteiger partial charge in [-0.15, -0.1) is 0 Å². The smallest absolute Gasteiger partial charge is 0.311 e. The third-order valence-electron chi connectivity index (χ3n) is 4.39. The molecule has 1 aliphatic carbocycles. The van der Waals surface area contributed by atoms with E-state index in [0.29, 0.717) is 0 Å². The summed E-state index contributed by atoms with van der Waals surface area (Å²) in [7, 11) is 0. The van der Waals surface area contributed by atoms with Crippen molar-refractivity contribution in [3.05, 3.63) is 36.0 Å². The lowest BCUT2D eigenvalue weighted by Crippen LogP contribution is -2.41. The highest BCUT2D eigenvalue weighted by molar-refractivity contribution is 5.88. The Hall–Kier alpha value is -2.30. The third kappa shape index (κ3) is 3.73. The Morgan fingerprint density at radius 3 is 2.83 bits per heavy atom. The summed E-state index contributed by atoms with van der Waals surface area (Å²) in [5.74, 6) is -0.590. The average Bonchev–Trinajstić information content (AvgIpc) is 3.17. The molecule has 1 amide bonds. The Morgan fingerprint density at radius 2 is 2.04 bits per heavy atom. The minimum absolute atomic E-state index is 0.158. The highest BCUT2D eigenvalue weighted by Gasteiger charge is 2.23. The van der Waals surface area contributed by atoms with Gasteiger partial charge in [-0.05, 0) is 31.4 Å². The molecule has 0 bridgehead atoms. The van der Waals surface area contributed by atoms with E-state index in [0.717, 1.165) is 42.1 Å². The molecule has 0 saturated heterocycles. The largest absolute Gasteiger partial charge is 0.452 e. The highest BCUT2D eigenvalue weighted by Crippen LogP contribution is 2.19. The molecule has 1 heterocycles. The molecule has 2 aromatic rings. The Bertz CT molecular complexity index is 701. The number of aromatic amines is 1. The van der Waals surface area contributed by atoms with Crippen molar-refractivity contribution in [1.82, 2.24) is 10.3 Å². The van der Waals surface area contributed by atoms with Crippen LogP contribution in [0.15, 0.2) is 30.5 Å². The SMILES string of the molecule is C[C@@H](OC(=O)Cc1c[nH]c2ccccc12)C(=O)NC1CCCC1. The molecule has 5 heteroatoms. The van der Waals surface area contributed by atoms with Crippen molar-refractivity contribution in [3.63, 3.8) is 0 Å². The van der Waals surface area contributed by atoms with E-state index in [9.17, 15) is 9.59 Å². The Labute approximate surface area is 135 Å². The van der Waals surface area contributed by atoms with E-state index in [1.165, 1.54) is 0 Å². The number of nitrogens with one attached hydrogen (secondary N) is 2. The van der Waals surface area contributed by atoms with Gasteiger partial charge < -0.3 is 15.0 Å². The van der Waals surface area contributed by atoms with Crippen LogP contribution < -0.4 is 5.32 Å². The van der Waals surface area contributed by atoms with Gasteiger partial charge in [0.05, 0.1) is 6.42 Å². The zero-order valence-corrected chi connectivity index (χ0v) is 13.3. The number of carbonyl (C=O) groups is 2. The van der Waals surface area contributed by atoms with Crippen molar-refractivity contribution in [2.24, 2.45) is 0 Å². The number of esters is 1. The molecule has 122 valence electrons. The fourth-order valence-electron chi connectivity index (χ4n) is 3.11. The summed E-state index contributed by atoms with van der Waals surface area (Å²) < 4.78 is 5.28. The minimum atomic E-state index is -0.756. The monoisotopic (exact) mass is 314 g/mol. The van der Waals surface area contributed by atoms with Gasteiger partial charge in [0, 0.05) is 23.1 Å². The predicted molar refractivity (Wildman–Crippen MR) is 88.0 cm³/mol. The van der Waals surface area contributed by atoms with Crippen molar-refractivity contribution >= 4 is 22.8 Å². The molecule has 0 unspecified atom stereocenters. The van der Waals surface area contributed by atoms with E-state index in [4.69, 9.17) is 4.74 Å². The summed E-state index contributed by atoms with van der Waals surface area (Å²) in [6, 6.07) is 8.03. The number of H-pyrrole nitrogens is 1. The summed E-state index contributed by atoms with van der Waals surface area (Å²) in [5.41, 5.74) is 1.87. The molecule has 2 N–H and O–H groups in total. The maximum absolute atomic E-state index is 12.1. The number of aromatic nitrogens is 1. The lowest BCUT2D eigenvalue weighted by molar-refractivity contribution is -0.154. The molecule has 1 aliphatic rings. The fraction of sp³-hybridized carbons (Fsp3) is 0.444. The van der Waals surface area contributed by atoms with E-state index in [1.807, 2.05) is 30.5 Å². The molecule has 3 rings (SSSR count). The molecule has 0 spiro atoms. The van der Waals surface area contributed by atoms with Crippen molar-refractivity contribution in [2.75, 3.05) is 0 Å². The summed E-state index contributed by atoms with van der Waals surface area (Å²) in [4.78, 5) is 27.3. The van der Waals surface area contributed by atoms with Crippen LogP contribution in [0.1, 0.15) is 38.2 Å². The molecular formula is C18H22N2O3. The van der Waals surface area contributed by atoms with Gasteiger partial charge in [-0.2, -0.15) is 0 Å². The van der Waals surface area contributed by atoms with Gasteiger partial charge >= 0.3 is 5.97 Å². The first kappa shape index (κ1) is 15.6. The van der Waals surface area contributed by atoms with E-state index in [2.05, 4.69) is 10.3 Å². The first-order valence-corrected chi connectivity index (χ1v) is 8.18. The van der Waals surface area contributed by atoms with E-state index in [-0.39, 0.29) is 24.3 Å². The number of ether oxygens (including phenoxy) is 1. The number of fused-ring (bicyclic) bond motifs is 1. The maximum atomic E-state index is 12.1. The zero-order valence-electron chi connectivity index (χ0n) is 13.3. The molecule has 1 atom stereocenters. The fourth-order valence-corrected chi connectivity index (χ4v) is 3.11. The van der Waals surface area contributed by atoms with Gasteiger partial charge in [-0.3, -0.25) is 9.59 Å². The van der Waals surface area contributed by atoms with E-state index >= 15 is 0 Å². The van der Waals surface area contributed by atoms with Crippen molar-refractivity contribution in [3.8, 4) is 0 Å². The minimum Gasteiger partial charge on any atom is -0.452 e. The van der Waals surface area contributed by atoms with Crippen LogP contribution in [-0.4, -0.2) is 29.0 Å². The van der Waals surface area contributed by atoms with Crippen LogP contribution in [0.25, 0.3) is 10.9 Å². The van der Waals surface area contributed by atoms with Crippen molar-refractivity contribution in [1.29, 1.82) is 0 Å². The number of carbonyl (C=O) groups excluding carboxylic acids is 2. The number of benzene rings is 1. The number of amides is 1. The van der Waals surface area contributed by atoms with Gasteiger partial charge in [0.15, 0.2) is 6.10 Å². The van der Waals surface area contributed by atoms with Crippen LogP contribution in [-0.2, 0) is 20.7 Å². The molecule has 23 heavy (non-hydrogen) atoms. The number of hydrogen-bond donors (Lipinski definition) is 2. The third-order valence-corrected chi connectivity index (χ3v) is 4.39. The van der Waals surface area contributed by atoms with Crippen LogP contribution in [0.5, 0.6) is 0 Å². The highest BCUT2D eigenvalue weighted by atomic mass is 16.5. The molecule has 0 radical (unpaired) electrons. The molecule has 1 saturated carbocycles. The standard InChI is InChI=1S/C18H22N2O3/c1-12(18(22)20-14-6-2-3-7-14)23-17(21)10-13-11-19-16-9-5-4-8-15(13)16/h4-5,8-9,11-12,14,19H,2-3,6-7,10H2,1H3,(H,20,22)/t12-/m1/s1. The van der Waals surface area contributed by atoms with Crippen LogP contribution in [0.3, 0.4) is 0 Å². The van der Waals surface area contributed by atoms with E-state index < -0.39 is 6.10 Å². The second-order valence-electron chi connectivity index (χ2n) is 6.16. The molecule has 1 aromatic heterocycles. The Balaban J connectivity index is 1.55. The quantitative estimate of drug-likeness (QED) is 0.834. The normalized spacial score (nSPS) is 16.4.